The van der Waals surface area contributed by atoms with Gasteiger partial charge in [-0.2, -0.15) is 5.10 Å². The zero-order chi connectivity index (χ0) is 19.5. The molecule has 0 saturated carbocycles. The lowest BCUT2D eigenvalue weighted by Crippen LogP contribution is -2.45. The first-order chi connectivity index (χ1) is 13.6. The molecule has 3 N–H and O–H groups in total. The van der Waals surface area contributed by atoms with Gasteiger partial charge in [0.05, 0.1) is 18.1 Å². The Morgan fingerprint density at radius 1 is 1.07 bits per heavy atom. The third kappa shape index (κ3) is 4.13. The van der Waals surface area contributed by atoms with E-state index in [2.05, 4.69) is 16.3 Å². The molecule has 2 aliphatic rings. The number of piperidine rings is 2. The molecule has 3 amide bonds. The molecule has 3 heterocycles. The van der Waals surface area contributed by atoms with Crippen LogP contribution in [0.3, 0.4) is 0 Å². The van der Waals surface area contributed by atoms with Crippen LogP contribution < -0.4 is 5.73 Å². The van der Waals surface area contributed by atoms with Crippen molar-refractivity contribution in [1.82, 2.24) is 20.0 Å². The number of nitrogens with zero attached hydrogens (tertiary/aromatic N) is 3. The second-order valence-corrected chi connectivity index (χ2v) is 8.03. The standard InChI is InChI=1S/C21H28N5O2/c22-21(28)26-11-7-17(8-12-26)16-5-9-25(10-6-16)20(27)4-2-15-1-3-19-18(13-15)14-23-24-19/h1,3-4,13-14,16-17H,2,5-12H2,(H2,22,28)(H,23,24). The van der Waals surface area contributed by atoms with Gasteiger partial charge in [0.15, 0.2) is 0 Å². The number of aromatic nitrogens is 2. The number of fused-ring (bicyclic) bond motifs is 1. The minimum absolute atomic E-state index is 0.134. The average molecular weight is 382 g/mol. The van der Waals surface area contributed by atoms with Gasteiger partial charge < -0.3 is 15.5 Å². The van der Waals surface area contributed by atoms with Crippen molar-refractivity contribution in [2.75, 3.05) is 26.2 Å². The van der Waals surface area contributed by atoms with E-state index in [-0.39, 0.29) is 11.9 Å². The smallest absolute Gasteiger partial charge is 0.314 e. The highest BCUT2D eigenvalue weighted by molar-refractivity contribution is 5.85. The predicted molar refractivity (Wildman–Crippen MR) is 107 cm³/mol. The van der Waals surface area contributed by atoms with Crippen LogP contribution in [0.2, 0.25) is 0 Å². The monoisotopic (exact) mass is 382 g/mol. The maximum atomic E-state index is 12.6. The van der Waals surface area contributed by atoms with E-state index < -0.39 is 0 Å². The van der Waals surface area contributed by atoms with Gasteiger partial charge in [-0.3, -0.25) is 9.89 Å². The molecule has 7 nitrogen and oxygen atoms in total. The molecular weight excluding hydrogens is 354 g/mol. The molecule has 2 saturated heterocycles. The zero-order valence-electron chi connectivity index (χ0n) is 16.1. The third-order valence-corrected chi connectivity index (χ3v) is 6.39. The number of hydrogen-bond donors (Lipinski definition) is 2. The summed E-state index contributed by atoms with van der Waals surface area (Å²) in [5.41, 5.74) is 7.51. The lowest BCUT2D eigenvalue weighted by molar-refractivity contribution is -0.129. The number of carbonyl (C=O) groups excluding carboxylic acids is 2. The number of aromatic amines is 1. The van der Waals surface area contributed by atoms with Gasteiger partial charge in [0.25, 0.3) is 0 Å². The molecule has 4 rings (SSSR count). The topological polar surface area (TPSA) is 95.3 Å². The molecule has 0 unspecified atom stereocenters. The fraction of sp³-hybridized carbons (Fsp3) is 0.524. The Labute approximate surface area is 165 Å². The Balaban J connectivity index is 1.22. The van der Waals surface area contributed by atoms with Crippen molar-refractivity contribution < 1.29 is 9.59 Å². The summed E-state index contributed by atoms with van der Waals surface area (Å²) < 4.78 is 0. The first-order valence-corrected chi connectivity index (χ1v) is 10.2. The van der Waals surface area contributed by atoms with Crippen molar-refractivity contribution in [2.24, 2.45) is 17.6 Å². The van der Waals surface area contributed by atoms with Crippen LogP contribution in [-0.2, 0) is 11.2 Å². The third-order valence-electron chi connectivity index (χ3n) is 6.39. The molecule has 0 spiro atoms. The Hall–Kier alpha value is -2.57. The van der Waals surface area contributed by atoms with Crippen molar-refractivity contribution in [3.63, 3.8) is 0 Å². The van der Waals surface area contributed by atoms with Crippen molar-refractivity contribution in [3.05, 3.63) is 36.4 Å². The maximum Gasteiger partial charge on any atom is 0.314 e. The number of likely N-dealkylation sites (tertiary alicyclic amines) is 2. The van der Waals surface area contributed by atoms with Crippen LogP contribution >= 0.6 is 0 Å². The van der Waals surface area contributed by atoms with E-state index in [4.69, 9.17) is 5.73 Å². The van der Waals surface area contributed by atoms with Gasteiger partial charge in [-0.25, -0.2) is 4.79 Å². The number of urea groups is 1. The summed E-state index contributed by atoms with van der Waals surface area (Å²) in [6.07, 6.45) is 8.43. The van der Waals surface area contributed by atoms with Crippen LogP contribution in [-0.4, -0.2) is 58.1 Å². The van der Waals surface area contributed by atoms with Crippen molar-refractivity contribution >= 4 is 22.8 Å². The highest BCUT2D eigenvalue weighted by Gasteiger charge is 2.31. The first-order valence-electron chi connectivity index (χ1n) is 10.2. The number of nitrogens with one attached hydrogen (secondary N) is 1. The molecule has 149 valence electrons. The molecule has 0 atom stereocenters. The number of hydrogen-bond acceptors (Lipinski definition) is 3. The fourth-order valence-electron chi connectivity index (χ4n) is 4.64. The summed E-state index contributed by atoms with van der Waals surface area (Å²) in [5.74, 6) is 1.44. The Bertz CT molecular complexity index is 832. The summed E-state index contributed by atoms with van der Waals surface area (Å²) in [7, 11) is 0. The zero-order valence-corrected chi connectivity index (χ0v) is 16.1. The minimum atomic E-state index is -0.304. The molecular formula is C21H28N5O2. The van der Waals surface area contributed by atoms with E-state index >= 15 is 0 Å². The van der Waals surface area contributed by atoms with Crippen LogP contribution in [0.1, 0.15) is 31.2 Å². The second-order valence-electron chi connectivity index (χ2n) is 8.03. The number of nitrogens with two attached hydrogens (primary N) is 1. The van der Waals surface area contributed by atoms with Gasteiger partial charge in [0.1, 0.15) is 0 Å². The number of benzene rings is 1. The van der Waals surface area contributed by atoms with Gasteiger partial charge in [-0.1, -0.05) is 6.07 Å². The summed E-state index contributed by atoms with van der Waals surface area (Å²) in [6.45, 7) is 3.20. The summed E-state index contributed by atoms with van der Waals surface area (Å²) in [6, 6.07) is 5.81. The summed E-state index contributed by atoms with van der Waals surface area (Å²) in [5, 5.41) is 8.05. The van der Waals surface area contributed by atoms with Gasteiger partial charge >= 0.3 is 6.03 Å². The van der Waals surface area contributed by atoms with Gasteiger partial charge in [-0.15, -0.1) is 0 Å². The maximum absolute atomic E-state index is 12.6. The molecule has 0 aliphatic carbocycles. The fourth-order valence-corrected chi connectivity index (χ4v) is 4.64. The van der Waals surface area contributed by atoms with E-state index in [1.165, 1.54) is 0 Å². The van der Waals surface area contributed by atoms with Crippen LogP contribution in [0.4, 0.5) is 4.79 Å². The molecule has 1 aromatic heterocycles. The summed E-state index contributed by atoms with van der Waals surface area (Å²) in [4.78, 5) is 27.6. The van der Waals surface area contributed by atoms with E-state index in [0.29, 0.717) is 18.3 Å². The lowest BCUT2D eigenvalue weighted by Gasteiger charge is -2.39. The quantitative estimate of drug-likeness (QED) is 0.850. The average Bonchev–Trinajstić information content (AvgIpc) is 3.20. The molecule has 2 aliphatic heterocycles. The molecule has 2 fully saturated rings. The van der Waals surface area contributed by atoms with Crippen LogP contribution in [0.5, 0.6) is 0 Å². The predicted octanol–water partition coefficient (Wildman–Crippen LogP) is 2.34. The molecule has 1 aromatic carbocycles. The highest BCUT2D eigenvalue weighted by Crippen LogP contribution is 2.32. The lowest BCUT2D eigenvalue weighted by atomic mass is 9.79. The van der Waals surface area contributed by atoms with Crippen molar-refractivity contribution in [3.8, 4) is 0 Å². The highest BCUT2D eigenvalue weighted by atomic mass is 16.2. The molecule has 1 radical (unpaired) electrons. The van der Waals surface area contributed by atoms with E-state index in [0.717, 1.165) is 68.3 Å². The van der Waals surface area contributed by atoms with Crippen LogP contribution in [0.25, 0.3) is 10.9 Å². The first kappa shape index (κ1) is 18.8. The van der Waals surface area contributed by atoms with Gasteiger partial charge in [0, 0.05) is 31.6 Å². The van der Waals surface area contributed by atoms with E-state index in [1.807, 2.05) is 17.0 Å². The number of primary amides is 1. The number of rotatable bonds is 4. The Morgan fingerprint density at radius 3 is 2.36 bits per heavy atom. The molecule has 28 heavy (non-hydrogen) atoms. The Morgan fingerprint density at radius 2 is 1.71 bits per heavy atom. The van der Waals surface area contributed by atoms with Gasteiger partial charge in [-0.05, 0) is 61.6 Å². The number of amides is 3. The van der Waals surface area contributed by atoms with Crippen LogP contribution in [0, 0.1) is 18.3 Å². The van der Waals surface area contributed by atoms with Crippen molar-refractivity contribution in [1.29, 1.82) is 0 Å². The summed E-state index contributed by atoms with van der Waals surface area (Å²) >= 11 is 0. The minimum Gasteiger partial charge on any atom is -0.351 e. The second kappa shape index (κ2) is 8.20. The SMILES string of the molecule is NC(=O)N1CCC(C2CCN(C(=O)[CH]Cc3ccc4[nH]ncc4c3)CC2)CC1. The largest absolute Gasteiger partial charge is 0.351 e. The van der Waals surface area contributed by atoms with E-state index in [9.17, 15) is 9.59 Å². The van der Waals surface area contributed by atoms with E-state index in [1.54, 1.807) is 17.5 Å². The van der Waals surface area contributed by atoms with Crippen LogP contribution in [0.15, 0.2) is 24.4 Å². The molecule has 7 heteroatoms. The number of H-pyrrole nitrogens is 1. The molecule has 0 bridgehead atoms. The van der Waals surface area contributed by atoms with Gasteiger partial charge in [0.2, 0.25) is 5.91 Å². The molecule has 2 aromatic rings. The normalized spacial score (nSPS) is 19.3. The Kier molecular flexibility index (Phi) is 5.50. The number of carbonyl (C=O) groups is 2. The van der Waals surface area contributed by atoms with Crippen molar-refractivity contribution in [2.45, 2.75) is 32.1 Å².